The Balaban J connectivity index is 2.99. The van der Waals surface area contributed by atoms with Crippen LogP contribution in [-0.4, -0.2) is 23.1 Å². The second-order valence-electron chi connectivity index (χ2n) is 4.91. The van der Waals surface area contributed by atoms with Crippen molar-refractivity contribution in [3.63, 3.8) is 0 Å². The summed E-state index contributed by atoms with van der Waals surface area (Å²) < 4.78 is 6.56. The van der Waals surface area contributed by atoms with E-state index in [1.807, 2.05) is 6.92 Å². The Bertz CT molecular complexity index is 397. The second-order valence-corrected chi connectivity index (χ2v) is 5.99. The summed E-state index contributed by atoms with van der Waals surface area (Å²) >= 11 is 2.34. The van der Waals surface area contributed by atoms with Crippen molar-refractivity contribution in [2.24, 2.45) is 5.92 Å². The molecule has 0 fully saturated rings. The smallest absolute Gasteiger partial charge is 0.156 e. The van der Waals surface area contributed by atoms with Crippen molar-refractivity contribution in [3.8, 4) is 0 Å². The van der Waals surface area contributed by atoms with Gasteiger partial charge in [0.1, 0.15) is 12.4 Å². The van der Waals surface area contributed by atoms with Crippen molar-refractivity contribution < 1.29 is 4.74 Å². The molecule has 0 spiro atoms. The minimum Gasteiger partial charge on any atom is -0.374 e. The van der Waals surface area contributed by atoms with Crippen molar-refractivity contribution in [3.05, 3.63) is 15.1 Å². The first-order valence-corrected chi connectivity index (χ1v) is 8.03. The van der Waals surface area contributed by atoms with E-state index in [0.29, 0.717) is 19.1 Å². The highest BCUT2D eigenvalue weighted by Gasteiger charge is 2.13. The van der Waals surface area contributed by atoms with E-state index in [1.165, 1.54) is 0 Å². The summed E-state index contributed by atoms with van der Waals surface area (Å²) in [5, 5.41) is 3.38. The average Bonchev–Trinajstić information content (AvgIpc) is 2.37. The summed E-state index contributed by atoms with van der Waals surface area (Å²) in [5.74, 6) is 2.31. The zero-order valence-electron chi connectivity index (χ0n) is 12.3. The van der Waals surface area contributed by atoms with Gasteiger partial charge in [0.15, 0.2) is 5.82 Å². The Hall–Kier alpha value is -0.430. The lowest BCUT2D eigenvalue weighted by molar-refractivity contribution is 0.128. The number of rotatable bonds is 8. The van der Waals surface area contributed by atoms with E-state index in [0.717, 1.165) is 40.3 Å². The number of nitrogens with zero attached hydrogens (tertiary/aromatic N) is 2. The van der Waals surface area contributed by atoms with Crippen LogP contribution >= 0.6 is 22.6 Å². The van der Waals surface area contributed by atoms with E-state index in [9.17, 15) is 0 Å². The van der Waals surface area contributed by atoms with Gasteiger partial charge >= 0.3 is 0 Å². The topological polar surface area (TPSA) is 47.0 Å². The van der Waals surface area contributed by atoms with Crippen LogP contribution in [0.1, 0.15) is 45.6 Å². The Morgan fingerprint density at radius 1 is 1.26 bits per heavy atom. The van der Waals surface area contributed by atoms with Gasteiger partial charge in [0.2, 0.25) is 0 Å². The van der Waals surface area contributed by atoms with E-state index >= 15 is 0 Å². The third kappa shape index (κ3) is 5.60. The molecule has 0 radical (unpaired) electrons. The minimum absolute atomic E-state index is 0.485. The lowest BCUT2D eigenvalue weighted by Gasteiger charge is -2.14. The lowest BCUT2D eigenvalue weighted by atomic mass is 10.1. The van der Waals surface area contributed by atoms with Crippen LogP contribution in [0.3, 0.4) is 0 Å². The first kappa shape index (κ1) is 16.6. The highest BCUT2D eigenvalue weighted by atomic mass is 127. The van der Waals surface area contributed by atoms with E-state index in [-0.39, 0.29) is 0 Å². The zero-order chi connectivity index (χ0) is 14.3. The molecule has 0 aliphatic rings. The van der Waals surface area contributed by atoms with Crippen LogP contribution in [0.2, 0.25) is 0 Å². The van der Waals surface area contributed by atoms with Crippen LogP contribution in [0, 0.1) is 9.49 Å². The second kappa shape index (κ2) is 8.68. The standard InChI is InChI=1S/C14H24IN3O/c1-5-7-16-14-13(15)11(8-10(3)4)17-12(18-14)9-19-6-2/h10H,5-9H2,1-4H3,(H,16,17,18). The van der Waals surface area contributed by atoms with Crippen LogP contribution in [-0.2, 0) is 17.8 Å². The molecule has 5 heteroatoms. The molecule has 0 amide bonds. The van der Waals surface area contributed by atoms with Crippen molar-refractivity contribution >= 4 is 28.4 Å². The molecular formula is C14H24IN3O. The highest BCUT2D eigenvalue weighted by molar-refractivity contribution is 14.1. The first-order chi connectivity index (χ1) is 9.08. The molecule has 4 nitrogen and oxygen atoms in total. The van der Waals surface area contributed by atoms with Gasteiger partial charge in [-0.15, -0.1) is 0 Å². The van der Waals surface area contributed by atoms with Crippen LogP contribution in [0.4, 0.5) is 5.82 Å². The summed E-state index contributed by atoms with van der Waals surface area (Å²) in [6.45, 7) is 10.7. The van der Waals surface area contributed by atoms with Gasteiger partial charge in [-0.1, -0.05) is 20.8 Å². The number of hydrogen-bond acceptors (Lipinski definition) is 4. The quantitative estimate of drug-likeness (QED) is 0.703. The van der Waals surface area contributed by atoms with E-state index in [1.54, 1.807) is 0 Å². The largest absolute Gasteiger partial charge is 0.374 e. The maximum atomic E-state index is 5.42. The lowest BCUT2D eigenvalue weighted by Crippen LogP contribution is -2.12. The number of ether oxygens (including phenoxy) is 1. The van der Waals surface area contributed by atoms with Crippen LogP contribution < -0.4 is 5.32 Å². The molecule has 0 saturated carbocycles. The molecule has 0 unspecified atom stereocenters. The number of halogens is 1. The van der Waals surface area contributed by atoms with Gasteiger partial charge in [-0.3, -0.25) is 0 Å². The fourth-order valence-electron chi connectivity index (χ4n) is 1.69. The predicted octanol–water partition coefficient (Wildman–Crippen LogP) is 3.64. The SMILES string of the molecule is CCCNc1nc(COCC)nc(CC(C)C)c1I. The predicted molar refractivity (Wildman–Crippen MR) is 87.4 cm³/mol. The zero-order valence-corrected chi connectivity index (χ0v) is 14.5. The molecule has 1 N–H and O–H groups in total. The van der Waals surface area contributed by atoms with E-state index < -0.39 is 0 Å². The molecule has 0 aliphatic heterocycles. The van der Waals surface area contributed by atoms with Crippen molar-refractivity contribution in [1.82, 2.24) is 9.97 Å². The molecule has 0 aliphatic carbocycles. The molecule has 1 rings (SSSR count). The monoisotopic (exact) mass is 377 g/mol. The fraction of sp³-hybridized carbons (Fsp3) is 0.714. The maximum Gasteiger partial charge on any atom is 0.156 e. The molecule has 108 valence electrons. The fourth-order valence-corrected chi connectivity index (χ4v) is 2.34. The number of anilines is 1. The molecular weight excluding hydrogens is 353 g/mol. The number of aromatic nitrogens is 2. The van der Waals surface area contributed by atoms with Gasteiger partial charge in [0, 0.05) is 13.2 Å². The molecule has 0 saturated heterocycles. The average molecular weight is 377 g/mol. The Labute approximate surface area is 129 Å². The molecule has 0 aromatic carbocycles. The summed E-state index contributed by atoms with van der Waals surface area (Å²) in [6.07, 6.45) is 2.06. The Morgan fingerprint density at radius 3 is 2.58 bits per heavy atom. The van der Waals surface area contributed by atoms with Crippen LogP contribution in [0.15, 0.2) is 0 Å². The molecule has 19 heavy (non-hydrogen) atoms. The van der Waals surface area contributed by atoms with Crippen molar-refractivity contribution in [1.29, 1.82) is 0 Å². The summed E-state index contributed by atoms with van der Waals surface area (Å²) in [5.41, 5.74) is 1.12. The normalized spacial score (nSPS) is 11.1. The highest BCUT2D eigenvalue weighted by Crippen LogP contribution is 2.22. The first-order valence-electron chi connectivity index (χ1n) is 6.95. The minimum atomic E-state index is 0.485. The summed E-state index contributed by atoms with van der Waals surface area (Å²) in [4.78, 5) is 9.20. The number of nitrogens with one attached hydrogen (secondary N) is 1. The summed E-state index contributed by atoms with van der Waals surface area (Å²) in [7, 11) is 0. The molecule has 1 aromatic rings. The van der Waals surface area contributed by atoms with Crippen LogP contribution in [0.25, 0.3) is 0 Å². The Kier molecular flexibility index (Phi) is 7.60. The number of hydrogen-bond donors (Lipinski definition) is 1. The molecule has 1 heterocycles. The van der Waals surface area contributed by atoms with Gasteiger partial charge in [-0.25, -0.2) is 9.97 Å². The van der Waals surface area contributed by atoms with Crippen LogP contribution in [0.5, 0.6) is 0 Å². The van der Waals surface area contributed by atoms with Crippen molar-refractivity contribution in [2.75, 3.05) is 18.5 Å². The van der Waals surface area contributed by atoms with Gasteiger partial charge in [0.25, 0.3) is 0 Å². The Morgan fingerprint density at radius 2 is 2.00 bits per heavy atom. The van der Waals surface area contributed by atoms with Gasteiger partial charge in [-0.05, 0) is 48.3 Å². The molecule has 0 bridgehead atoms. The molecule has 1 aromatic heterocycles. The van der Waals surface area contributed by atoms with Gasteiger partial charge < -0.3 is 10.1 Å². The van der Waals surface area contributed by atoms with Gasteiger partial charge in [-0.2, -0.15) is 0 Å². The maximum absolute atomic E-state index is 5.42. The molecule has 0 atom stereocenters. The third-order valence-electron chi connectivity index (χ3n) is 2.55. The van der Waals surface area contributed by atoms with Crippen molar-refractivity contribution in [2.45, 2.75) is 47.1 Å². The third-order valence-corrected chi connectivity index (χ3v) is 3.68. The van der Waals surface area contributed by atoms with E-state index in [2.05, 4.69) is 58.6 Å². The summed E-state index contributed by atoms with van der Waals surface area (Å²) in [6, 6.07) is 0. The van der Waals surface area contributed by atoms with Gasteiger partial charge in [0.05, 0.1) is 9.26 Å². The van der Waals surface area contributed by atoms with E-state index in [4.69, 9.17) is 4.74 Å².